The van der Waals surface area contributed by atoms with Crippen molar-refractivity contribution in [2.24, 2.45) is 5.73 Å². The monoisotopic (exact) mass is 271 g/mol. The molecule has 1 amide bonds. The van der Waals surface area contributed by atoms with Crippen LogP contribution < -0.4 is 16.6 Å². The van der Waals surface area contributed by atoms with Crippen LogP contribution >= 0.6 is 0 Å². The quantitative estimate of drug-likeness (QED) is 0.770. The first-order valence-electron chi connectivity index (χ1n) is 6.48. The number of anilines is 1. The Morgan fingerprint density at radius 1 is 1.25 bits per heavy atom. The van der Waals surface area contributed by atoms with E-state index >= 15 is 0 Å². The Bertz CT molecular complexity index is 629. The zero-order chi connectivity index (χ0) is 14.4. The molecule has 5 nitrogen and oxygen atoms in total. The van der Waals surface area contributed by atoms with Gasteiger partial charge in [0.15, 0.2) is 0 Å². The van der Waals surface area contributed by atoms with Crippen LogP contribution in [0.2, 0.25) is 0 Å². The Labute approximate surface area is 116 Å². The summed E-state index contributed by atoms with van der Waals surface area (Å²) >= 11 is 0. The molecular weight excluding hydrogens is 254 g/mol. The van der Waals surface area contributed by atoms with Gasteiger partial charge >= 0.3 is 0 Å². The largest absolute Gasteiger partial charge is 0.330 e. The van der Waals surface area contributed by atoms with Crippen molar-refractivity contribution in [3.63, 3.8) is 0 Å². The van der Waals surface area contributed by atoms with Gasteiger partial charge < -0.3 is 16.0 Å². The van der Waals surface area contributed by atoms with Gasteiger partial charge in [0.2, 0.25) is 5.56 Å². The summed E-state index contributed by atoms with van der Waals surface area (Å²) in [6.45, 7) is 0.647. The van der Waals surface area contributed by atoms with Gasteiger partial charge in [0.25, 0.3) is 5.91 Å². The van der Waals surface area contributed by atoms with Gasteiger partial charge in [-0.3, -0.25) is 9.59 Å². The van der Waals surface area contributed by atoms with Crippen LogP contribution in [-0.2, 0) is 6.42 Å². The third kappa shape index (κ3) is 3.80. The SMILES string of the molecule is NCCCc1cccc(NC(=O)c2ccc(=O)[nH]c2)c1. The van der Waals surface area contributed by atoms with Crippen molar-refractivity contribution in [3.8, 4) is 0 Å². The number of carbonyl (C=O) groups is 1. The molecule has 0 saturated carbocycles. The Balaban J connectivity index is 2.07. The van der Waals surface area contributed by atoms with Gasteiger partial charge in [-0.15, -0.1) is 0 Å². The number of benzene rings is 1. The summed E-state index contributed by atoms with van der Waals surface area (Å²) in [4.78, 5) is 25.4. The summed E-state index contributed by atoms with van der Waals surface area (Å²) in [6.07, 6.45) is 3.20. The lowest BCUT2D eigenvalue weighted by Gasteiger charge is -2.07. The van der Waals surface area contributed by atoms with Gasteiger partial charge in [-0.05, 0) is 43.1 Å². The fraction of sp³-hybridized carbons (Fsp3) is 0.200. The average Bonchev–Trinajstić information content (AvgIpc) is 2.46. The summed E-state index contributed by atoms with van der Waals surface area (Å²) in [7, 11) is 0. The minimum atomic E-state index is -0.253. The second-order valence-electron chi connectivity index (χ2n) is 4.49. The standard InChI is InChI=1S/C15H17N3O2/c16-8-2-4-11-3-1-5-13(9-11)18-15(20)12-6-7-14(19)17-10-12/h1,3,5-7,9-10H,2,4,8,16H2,(H,17,19)(H,18,20). The minimum absolute atomic E-state index is 0.231. The summed E-state index contributed by atoms with van der Waals surface area (Å²) in [5.41, 5.74) is 7.53. The van der Waals surface area contributed by atoms with Crippen LogP contribution in [0, 0.1) is 0 Å². The number of hydrogen-bond acceptors (Lipinski definition) is 3. The lowest BCUT2D eigenvalue weighted by atomic mass is 10.1. The molecule has 0 spiro atoms. The Morgan fingerprint density at radius 3 is 2.80 bits per heavy atom. The Morgan fingerprint density at radius 2 is 2.10 bits per heavy atom. The van der Waals surface area contributed by atoms with E-state index in [0.717, 1.165) is 24.1 Å². The predicted octanol–water partition coefficient (Wildman–Crippen LogP) is 1.52. The predicted molar refractivity (Wildman–Crippen MR) is 78.8 cm³/mol. The molecule has 0 atom stereocenters. The average molecular weight is 271 g/mol. The molecule has 0 aliphatic heterocycles. The van der Waals surface area contributed by atoms with Crippen molar-refractivity contribution in [2.45, 2.75) is 12.8 Å². The van der Waals surface area contributed by atoms with Gasteiger partial charge in [0.05, 0.1) is 5.56 Å². The number of nitrogens with one attached hydrogen (secondary N) is 2. The van der Waals surface area contributed by atoms with Gasteiger partial charge in [-0.2, -0.15) is 0 Å². The summed E-state index contributed by atoms with van der Waals surface area (Å²) in [6, 6.07) is 10.5. The van der Waals surface area contributed by atoms with Crippen LogP contribution in [-0.4, -0.2) is 17.4 Å². The van der Waals surface area contributed by atoms with Crippen molar-refractivity contribution in [1.29, 1.82) is 0 Å². The third-order valence-electron chi connectivity index (χ3n) is 2.90. The molecule has 2 aromatic rings. The van der Waals surface area contributed by atoms with E-state index in [9.17, 15) is 9.59 Å². The maximum atomic E-state index is 12.0. The van der Waals surface area contributed by atoms with Crippen molar-refractivity contribution < 1.29 is 4.79 Å². The highest BCUT2D eigenvalue weighted by Crippen LogP contribution is 2.13. The first-order chi connectivity index (χ1) is 9.69. The number of aromatic nitrogens is 1. The maximum Gasteiger partial charge on any atom is 0.257 e. The van der Waals surface area contributed by atoms with Crippen molar-refractivity contribution >= 4 is 11.6 Å². The molecule has 0 bridgehead atoms. The Hall–Kier alpha value is -2.40. The highest BCUT2D eigenvalue weighted by atomic mass is 16.1. The van der Waals surface area contributed by atoms with E-state index in [0.29, 0.717) is 12.1 Å². The molecule has 1 aromatic heterocycles. The van der Waals surface area contributed by atoms with Crippen molar-refractivity contribution in [3.05, 3.63) is 64.1 Å². The summed E-state index contributed by atoms with van der Waals surface area (Å²) < 4.78 is 0. The molecule has 104 valence electrons. The molecular formula is C15H17N3O2. The molecule has 0 saturated heterocycles. The highest BCUT2D eigenvalue weighted by molar-refractivity contribution is 6.04. The van der Waals surface area contributed by atoms with Crippen LogP contribution in [0.25, 0.3) is 0 Å². The molecule has 20 heavy (non-hydrogen) atoms. The van der Waals surface area contributed by atoms with Gasteiger partial charge in [-0.25, -0.2) is 0 Å². The van der Waals surface area contributed by atoms with Gasteiger partial charge in [0.1, 0.15) is 0 Å². The second kappa shape index (κ2) is 6.68. The molecule has 2 rings (SSSR count). The first kappa shape index (κ1) is 14.0. The molecule has 5 heteroatoms. The second-order valence-corrected chi connectivity index (χ2v) is 4.49. The normalized spacial score (nSPS) is 10.2. The number of nitrogens with two attached hydrogens (primary N) is 1. The van der Waals surface area contributed by atoms with Crippen LogP contribution in [0.4, 0.5) is 5.69 Å². The molecule has 1 heterocycles. The van der Waals surface area contributed by atoms with Crippen LogP contribution in [0.15, 0.2) is 47.4 Å². The fourth-order valence-electron chi connectivity index (χ4n) is 1.87. The van der Waals surface area contributed by atoms with Gasteiger partial charge in [-0.1, -0.05) is 12.1 Å². The minimum Gasteiger partial charge on any atom is -0.330 e. The summed E-state index contributed by atoms with van der Waals surface area (Å²) in [5, 5.41) is 2.80. The number of aromatic amines is 1. The third-order valence-corrected chi connectivity index (χ3v) is 2.90. The molecule has 0 fully saturated rings. The first-order valence-corrected chi connectivity index (χ1v) is 6.48. The smallest absolute Gasteiger partial charge is 0.257 e. The van der Waals surface area contributed by atoms with Crippen LogP contribution in [0.5, 0.6) is 0 Å². The van der Waals surface area contributed by atoms with E-state index in [1.807, 2.05) is 24.3 Å². The molecule has 0 aliphatic rings. The van der Waals surface area contributed by atoms with Crippen molar-refractivity contribution in [2.75, 3.05) is 11.9 Å². The number of carbonyl (C=O) groups excluding carboxylic acids is 1. The van der Waals surface area contributed by atoms with Crippen LogP contribution in [0.1, 0.15) is 22.3 Å². The number of rotatable bonds is 5. The lowest BCUT2D eigenvalue weighted by molar-refractivity contribution is 0.102. The van der Waals surface area contributed by atoms with Crippen molar-refractivity contribution in [1.82, 2.24) is 4.98 Å². The van der Waals surface area contributed by atoms with E-state index in [1.54, 1.807) is 0 Å². The van der Waals surface area contributed by atoms with E-state index < -0.39 is 0 Å². The van der Waals surface area contributed by atoms with E-state index in [-0.39, 0.29) is 11.5 Å². The fourth-order valence-corrected chi connectivity index (χ4v) is 1.87. The molecule has 4 N–H and O–H groups in total. The Kier molecular flexibility index (Phi) is 4.68. The zero-order valence-electron chi connectivity index (χ0n) is 11.1. The molecule has 0 radical (unpaired) electrons. The van der Waals surface area contributed by atoms with Crippen LogP contribution in [0.3, 0.4) is 0 Å². The van der Waals surface area contributed by atoms with E-state index in [2.05, 4.69) is 10.3 Å². The lowest BCUT2D eigenvalue weighted by Crippen LogP contribution is -2.14. The molecule has 0 unspecified atom stereocenters. The number of aryl methyl sites for hydroxylation is 1. The number of pyridine rings is 1. The zero-order valence-corrected chi connectivity index (χ0v) is 11.1. The van der Waals surface area contributed by atoms with E-state index in [1.165, 1.54) is 18.3 Å². The van der Waals surface area contributed by atoms with Gasteiger partial charge in [0, 0.05) is 18.0 Å². The van der Waals surface area contributed by atoms with E-state index in [4.69, 9.17) is 5.73 Å². The molecule has 1 aromatic carbocycles. The topological polar surface area (TPSA) is 88.0 Å². The molecule has 0 aliphatic carbocycles. The summed E-state index contributed by atoms with van der Waals surface area (Å²) in [5.74, 6) is -0.253. The number of H-pyrrole nitrogens is 1. The highest BCUT2D eigenvalue weighted by Gasteiger charge is 2.06. The number of hydrogen-bond donors (Lipinski definition) is 3. The number of amides is 1. The maximum absolute atomic E-state index is 12.0.